The van der Waals surface area contributed by atoms with Crippen molar-refractivity contribution >= 4 is 18.4 Å². The average Bonchev–Trinajstić information content (AvgIpc) is 3.42. The first-order valence-electron chi connectivity index (χ1n) is 12.3. The fourth-order valence-electron chi connectivity index (χ4n) is 4.95. The average molecular weight is 543 g/mol. The Morgan fingerprint density at radius 1 is 1.22 bits per heavy atom. The summed E-state index contributed by atoms with van der Waals surface area (Å²) in [6.45, 7) is 13.9. The Morgan fingerprint density at radius 3 is 2.36 bits per heavy atom. The Kier molecular flexibility index (Phi) is 6.75. The van der Waals surface area contributed by atoms with Gasteiger partial charge in [0.2, 0.25) is 0 Å². The van der Waals surface area contributed by atoms with Gasteiger partial charge in [0.05, 0.1) is 11.1 Å². The molecule has 1 aromatic heterocycles. The van der Waals surface area contributed by atoms with Gasteiger partial charge in [0, 0.05) is 25.4 Å². The van der Waals surface area contributed by atoms with E-state index in [-0.39, 0.29) is 10.7 Å². The predicted molar refractivity (Wildman–Crippen MR) is 137 cm³/mol. The van der Waals surface area contributed by atoms with Gasteiger partial charge in [-0.1, -0.05) is 20.8 Å². The molecule has 3 aliphatic heterocycles. The summed E-state index contributed by atoms with van der Waals surface area (Å²) in [5, 5.41) is 0.679. The minimum atomic E-state index is -4.11. The second-order valence-electron chi connectivity index (χ2n) is 11.6. The van der Waals surface area contributed by atoms with Crippen molar-refractivity contribution in [1.29, 1.82) is 0 Å². The summed E-state index contributed by atoms with van der Waals surface area (Å²) in [6.07, 6.45) is 0.549. The van der Waals surface area contributed by atoms with E-state index in [1.54, 1.807) is 6.92 Å². The highest BCUT2D eigenvalue weighted by Gasteiger charge is 2.67. The van der Waals surface area contributed by atoms with Crippen molar-refractivity contribution in [2.45, 2.75) is 82.7 Å². The largest absolute Gasteiger partial charge is 0.406 e. The summed E-state index contributed by atoms with van der Waals surface area (Å²) in [6, 6.07) is 0. The quantitative estimate of drug-likeness (QED) is 0.429. The zero-order valence-corrected chi connectivity index (χ0v) is 23.9. The molecule has 0 aliphatic carbocycles. The third-order valence-corrected chi connectivity index (χ3v) is 13.6. The van der Waals surface area contributed by atoms with Gasteiger partial charge < -0.3 is 19.8 Å². The van der Waals surface area contributed by atoms with Crippen LogP contribution >= 0.6 is 0 Å². The van der Waals surface area contributed by atoms with Crippen LogP contribution in [0.2, 0.25) is 18.1 Å². The molecular formula is C23H38N4O7SSi. The fraction of sp³-hybridized carbons (Fsp3) is 0.739. The summed E-state index contributed by atoms with van der Waals surface area (Å²) in [5.74, 6) is 0. The van der Waals surface area contributed by atoms with E-state index in [9.17, 15) is 18.0 Å². The molecule has 11 nitrogen and oxygen atoms in total. The normalized spacial score (nSPS) is 30.9. The smallest absolute Gasteiger partial charge is 0.332 e. The molecule has 1 spiro atoms. The first kappa shape index (κ1) is 27.3. The molecule has 202 valence electrons. The van der Waals surface area contributed by atoms with Gasteiger partial charge in [-0.05, 0) is 51.0 Å². The minimum absolute atomic E-state index is 0.00695. The summed E-state index contributed by atoms with van der Waals surface area (Å²) in [4.78, 5) is 27.9. The first-order chi connectivity index (χ1) is 16.5. The summed E-state index contributed by atoms with van der Waals surface area (Å²) in [7, 11) is -5.29. The van der Waals surface area contributed by atoms with Gasteiger partial charge in [-0.25, -0.2) is 8.98 Å². The number of aryl methyl sites for hydroxylation is 1. The van der Waals surface area contributed by atoms with Crippen LogP contribution < -0.4 is 17.0 Å². The summed E-state index contributed by atoms with van der Waals surface area (Å²) < 4.78 is 46.9. The van der Waals surface area contributed by atoms with Crippen LogP contribution in [0, 0.1) is 6.92 Å². The van der Waals surface area contributed by atoms with Crippen molar-refractivity contribution in [2.24, 2.45) is 12.8 Å². The molecule has 36 heavy (non-hydrogen) atoms. The number of rotatable bonds is 5. The van der Waals surface area contributed by atoms with E-state index in [1.807, 2.05) is 13.1 Å². The number of likely N-dealkylation sites (tertiary alicyclic amines) is 1. The maximum Gasteiger partial charge on any atom is 0.332 e. The number of nitrogens with two attached hydrogens (primary N) is 1. The van der Waals surface area contributed by atoms with Crippen molar-refractivity contribution in [1.82, 2.24) is 14.0 Å². The van der Waals surface area contributed by atoms with Crippen LogP contribution in [0.3, 0.4) is 0 Å². The molecule has 1 aromatic rings. The van der Waals surface area contributed by atoms with Gasteiger partial charge in [0.15, 0.2) is 20.1 Å². The van der Waals surface area contributed by atoms with E-state index in [1.165, 1.54) is 17.8 Å². The fourth-order valence-corrected chi connectivity index (χ4v) is 7.46. The highest BCUT2D eigenvalue weighted by Crippen LogP contribution is 2.51. The molecule has 0 saturated carbocycles. The van der Waals surface area contributed by atoms with Gasteiger partial charge in [-0.3, -0.25) is 13.9 Å². The van der Waals surface area contributed by atoms with Gasteiger partial charge in [-0.15, -0.1) is 0 Å². The molecule has 2 saturated heterocycles. The Balaban J connectivity index is 1.92. The molecule has 2 unspecified atom stereocenters. The molecule has 0 amide bonds. The van der Waals surface area contributed by atoms with E-state index in [2.05, 4.69) is 25.7 Å². The maximum absolute atomic E-state index is 13.3. The van der Waals surface area contributed by atoms with E-state index in [4.69, 9.17) is 19.1 Å². The molecule has 2 fully saturated rings. The van der Waals surface area contributed by atoms with Gasteiger partial charge in [0.1, 0.15) is 12.2 Å². The predicted octanol–water partition coefficient (Wildman–Crippen LogP) is 1.14. The number of hydrogen-bond donors (Lipinski definition) is 1. The molecule has 0 radical (unpaired) electrons. The number of hydrogen-bond acceptors (Lipinski definition) is 9. The molecule has 4 rings (SSSR count). The second-order valence-corrected chi connectivity index (χ2v) is 17.8. The van der Waals surface area contributed by atoms with E-state index < -0.39 is 53.7 Å². The van der Waals surface area contributed by atoms with E-state index in [0.717, 1.165) is 35.9 Å². The van der Waals surface area contributed by atoms with Crippen molar-refractivity contribution in [3.05, 3.63) is 43.7 Å². The topological polar surface area (TPSA) is 135 Å². The lowest BCUT2D eigenvalue weighted by atomic mass is 9.89. The number of nitrogens with zero attached hydrogens (tertiary/aromatic N) is 3. The van der Waals surface area contributed by atoms with Crippen molar-refractivity contribution in [3.63, 3.8) is 0 Å². The molecule has 4 heterocycles. The SMILES string of the molecule is Cc1cn([C@@H]2OC(CN3CCCC3)C3(OS(=O)(=O)C=C3N)[C@H]2O[Si](C)(C)C(C)(C)C)c(=O)n(C)c1=O. The Bertz CT molecular complexity index is 1290. The van der Waals surface area contributed by atoms with Gasteiger partial charge in [0.25, 0.3) is 15.7 Å². The van der Waals surface area contributed by atoms with Crippen LogP contribution in [0.15, 0.2) is 26.9 Å². The third-order valence-electron chi connectivity index (χ3n) is 8.05. The Labute approximate surface area is 213 Å². The number of aromatic nitrogens is 2. The van der Waals surface area contributed by atoms with Crippen LogP contribution in [0.25, 0.3) is 0 Å². The molecule has 2 N–H and O–H groups in total. The van der Waals surface area contributed by atoms with Crippen molar-refractivity contribution in [3.8, 4) is 0 Å². The van der Waals surface area contributed by atoms with Crippen LogP contribution in [0.4, 0.5) is 0 Å². The van der Waals surface area contributed by atoms with Crippen molar-refractivity contribution < 1.29 is 21.8 Å². The van der Waals surface area contributed by atoms with Crippen LogP contribution in [-0.4, -0.2) is 68.2 Å². The molecule has 13 heteroatoms. The van der Waals surface area contributed by atoms with Gasteiger partial charge in [-0.2, -0.15) is 8.42 Å². The van der Waals surface area contributed by atoms with Crippen LogP contribution in [0.5, 0.6) is 0 Å². The zero-order valence-electron chi connectivity index (χ0n) is 22.1. The third kappa shape index (κ3) is 4.43. The molecule has 4 atom stereocenters. The molecule has 0 bridgehead atoms. The lowest BCUT2D eigenvalue weighted by Crippen LogP contribution is -2.59. The lowest BCUT2D eigenvalue weighted by Gasteiger charge is -2.43. The highest BCUT2D eigenvalue weighted by atomic mass is 32.2. The second kappa shape index (κ2) is 8.91. The number of ether oxygens (including phenoxy) is 1. The molecular weight excluding hydrogens is 504 g/mol. The minimum Gasteiger partial charge on any atom is -0.406 e. The zero-order chi connectivity index (χ0) is 26.8. The molecule has 3 aliphatic rings. The van der Waals surface area contributed by atoms with E-state index in [0.29, 0.717) is 12.1 Å². The summed E-state index contributed by atoms with van der Waals surface area (Å²) >= 11 is 0. The van der Waals surface area contributed by atoms with Gasteiger partial charge >= 0.3 is 5.69 Å². The molecule has 0 aromatic carbocycles. The van der Waals surface area contributed by atoms with Crippen molar-refractivity contribution in [2.75, 3.05) is 19.6 Å². The lowest BCUT2D eigenvalue weighted by molar-refractivity contribution is -0.0479. The first-order valence-corrected chi connectivity index (χ1v) is 16.7. The van der Waals surface area contributed by atoms with Crippen LogP contribution in [-0.2, 0) is 30.5 Å². The van der Waals surface area contributed by atoms with E-state index >= 15 is 0 Å². The monoisotopic (exact) mass is 542 g/mol. The maximum atomic E-state index is 13.3. The Morgan fingerprint density at radius 2 is 1.83 bits per heavy atom. The van der Waals surface area contributed by atoms with Crippen LogP contribution in [0.1, 0.15) is 45.4 Å². The standard InChI is InChI=1S/C23H38N4O7SSi/c1-15-12-27(21(29)25(5)19(15)28)20-18(33-36(6,7)22(2,3)4)23(16(24)14-35(30,31)34-23)17(32-20)13-26-10-8-9-11-26/h12,14,17-18,20H,8-11,13,24H2,1-7H3/t17?,18-,20+,23?/m0/s1. The highest BCUT2D eigenvalue weighted by molar-refractivity contribution is 7.90. The summed E-state index contributed by atoms with van der Waals surface area (Å²) in [5.41, 5.74) is 4.12. The Hall–Kier alpha value is -1.77.